The van der Waals surface area contributed by atoms with E-state index in [2.05, 4.69) is 19.2 Å². The second-order valence-corrected chi connectivity index (χ2v) is 10.3. The Bertz CT molecular complexity index is 622. The maximum atomic E-state index is 12.1. The van der Waals surface area contributed by atoms with Gasteiger partial charge in [0, 0.05) is 21.6 Å². The average molecular weight is 350 g/mol. The molecule has 4 nitrogen and oxygen atoms in total. The molecule has 1 amide bonds. The van der Waals surface area contributed by atoms with E-state index in [4.69, 9.17) is 10.7 Å². The summed E-state index contributed by atoms with van der Waals surface area (Å²) < 4.78 is 22.5. The van der Waals surface area contributed by atoms with E-state index in [1.165, 1.54) is 12.5 Å². The molecule has 0 aromatic carbocycles. The molecule has 1 aliphatic rings. The van der Waals surface area contributed by atoms with Gasteiger partial charge in [0.15, 0.2) is 0 Å². The van der Waals surface area contributed by atoms with Gasteiger partial charge in [-0.25, -0.2) is 8.42 Å². The van der Waals surface area contributed by atoms with E-state index in [1.54, 1.807) is 6.07 Å². The molecular formula is C14H20ClNO3S2. The summed E-state index contributed by atoms with van der Waals surface area (Å²) in [6.07, 6.45) is 4.53. The van der Waals surface area contributed by atoms with Gasteiger partial charge in [-0.3, -0.25) is 4.79 Å². The minimum Gasteiger partial charge on any atom is -0.353 e. The summed E-state index contributed by atoms with van der Waals surface area (Å²) in [5.41, 5.74) is 0.277. The Morgan fingerprint density at radius 2 is 2.19 bits per heavy atom. The van der Waals surface area contributed by atoms with Crippen LogP contribution < -0.4 is 5.32 Å². The molecule has 1 fully saturated rings. The van der Waals surface area contributed by atoms with Gasteiger partial charge in [-0.1, -0.05) is 20.3 Å². The summed E-state index contributed by atoms with van der Waals surface area (Å²) in [7, 11) is 1.58. The number of thiophene rings is 1. The summed E-state index contributed by atoms with van der Waals surface area (Å²) in [6, 6.07) is 3.31. The van der Waals surface area contributed by atoms with Crippen LogP contribution in [0, 0.1) is 5.41 Å². The molecule has 1 aliphatic carbocycles. The third-order valence-corrected chi connectivity index (χ3v) is 6.96. The molecule has 0 aliphatic heterocycles. The predicted molar refractivity (Wildman–Crippen MR) is 85.2 cm³/mol. The van der Waals surface area contributed by atoms with Gasteiger partial charge in [0.25, 0.3) is 9.05 Å². The lowest BCUT2D eigenvalue weighted by Gasteiger charge is -2.35. The fourth-order valence-electron chi connectivity index (χ4n) is 2.84. The Morgan fingerprint density at radius 1 is 1.48 bits per heavy atom. The highest BCUT2D eigenvalue weighted by molar-refractivity contribution is 8.15. The van der Waals surface area contributed by atoms with Gasteiger partial charge in [-0.05, 0) is 36.8 Å². The predicted octanol–water partition coefficient (Wildman–Crippen LogP) is 3.30. The molecule has 1 unspecified atom stereocenters. The van der Waals surface area contributed by atoms with Gasteiger partial charge in [0.1, 0.15) is 4.21 Å². The van der Waals surface area contributed by atoms with E-state index in [9.17, 15) is 13.2 Å². The fourth-order valence-corrected chi connectivity index (χ4v) is 4.96. The number of halogens is 1. The summed E-state index contributed by atoms with van der Waals surface area (Å²) in [5, 5.41) is 3.06. The van der Waals surface area contributed by atoms with Crippen LogP contribution in [-0.2, 0) is 20.3 Å². The number of rotatable bonds is 4. The van der Waals surface area contributed by atoms with Crippen molar-refractivity contribution in [3.05, 3.63) is 17.0 Å². The number of hydrogen-bond donors (Lipinski definition) is 1. The third-order valence-electron chi connectivity index (χ3n) is 3.78. The van der Waals surface area contributed by atoms with Gasteiger partial charge >= 0.3 is 0 Å². The topological polar surface area (TPSA) is 63.2 Å². The van der Waals surface area contributed by atoms with Crippen molar-refractivity contribution in [3.8, 4) is 0 Å². The Labute approximate surface area is 134 Å². The van der Waals surface area contributed by atoms with Crippen molar-refractivity contribution in [1.29, 1.82) is 0 Å². The lowest BCUT2D eigenvalue weighted by atomic mass is 9.75. The normalized spacial score (nSPS) is 22.0. The van der Waals surface area contributed by atoms with Crippen LogP contribution in [0.3, 0.4) is 0 Å². The lowest BCUT2D eigenvalue weighted by Crippen LogP contribution is -2.41. The first kappa shape index (κ1) is 16.8. The van der Waals surface area contributed by atoms with E-state index in [0.717, 1.165) is 30.6 Å². The molecule has 2 rings (SSSR count). The van der Waals surface area contributed by atoms with E-state index in [-0.39, 0.29) is 28.0 Å². The quantitative estimate of drug-likeness (QED) is 0.848. The second kappa shape index (κ2) is 6.26. The van der Waals surface area contributed by atoms with Crippen molar-refractivity contribution in [2.75, 3.05) is 0 Å². The minimum absolute atomic E-state index is 0.0573. The molecule has 7 heteroatoms. The largest absolute Gasteiger partial charge is 0.353 e. The molecule has 21 heavy (non-hydrogen) atoms. The highest BCUT2D eigenvalue weighted by atomic mass is 35.7. The van der Waals surface area contributed by atoms with Gasteiger partial charge < -0.3 is 5.32 Å². The highest BCUT2D eigenvalue weighted by Crippen LogP contribution is 2.35. The van der Waals surface area contributed by atoms with E-state index < -0.39 is 9.05 Å². The molecular weight excluding hydrogens is 330 g/mol. The molecule has 0 saturated heterocycles. The van der Waals surface area contributed by atoms with Crippen molar-refractivity contribution < 1.29 is 13.2 Å². The maximum Gasteiger partial charge on any atom is 0.270 e. The molecule has 1 heterocycles. The first-order valence-corrected chi connectivity index (χ1v) is 10.1. The van der Waals surface area contributed by atoms with Crippen LogP contribution in [0.1, 0.15) is 44.4 Å². The van der Waals surface area contributed by atoms with Crippen LogP contribution in [0.25, 0.3) is 0 Å². The minimum atomic E-state index is -3.70. The van der Waals surface area contributed by atoms with Crippen LogP contribution in [0.2, 0.25) is 0 Å². The van der Waals surface area contributed by atoms with Crippen LogP contribution in [0.5, 0.6) is 0 Å². The Balaban J connectivity index is 1.91. The summed E-state index contributed by atoms with van der Waals surface area (Å²) in [5.74, 6) is -0.0573. The highest BCUT2D eigenvalue weighted by Gasteiger charge is 2.28. The van der Waals surface area contributed by atoms with Gasteiger partial charge in [0.05, 0.1) is 6.42 Å². The first-order chi connectivity index (χ1) is 9.66. The van der Waals surface area contributed by atoms with Gasteiger partial charge in [-0.15, -0.1) is 11.3 Å². The number of amides is 1. The number of hydrogen-bond acceptors (Lipinski definition) is 4. The molecule has 1 atom stereocenters. The smallest absolute Gasteiger partial charge is 0.270 e. The van der Waals surface area contributed by atoms with Crippen molar-refractivity contribution >= 4 is 37.0 Å². The molecule has 1 aromatic rings. The van der Waals surface area contributed by atoms with Gasteiger partial charge in [-0.2, -0.15) is 0 Å². The lowest BCUT2D eigenvalue weighted by molar-refractivity contribution is -0.121. The van der Waals surface area contributed by atoms with E-state index in [0.29, 0.717) is 4.88 Å². The molecule has 0 spiro atoms. The van der Waals surface area contributed by atoms with Crippen molar-refractivity contribution in [3.63, 3.8) is 0 Å². The van der Waals surface area contributed by atoms with Crippen LogP contribution in [-0.4, -0.2) is 20.4 Å². The number of carbonyl (C=O) groups is 1. The van der Waals surface area contributed by atoms with E-state index in [1.807, 2.05) is 0 Å². The second-order valence-electron chi connectivity index (χ2n) is 6.36. The number of nitrogens with one attached hydrogen (secondary N) is 1. The van der Waals surface area contributed by atoms with Crippen LogP contribution in [0.15, 0.2) is 16.3 Å². The Morgan fingerprint density at radius 3 is 2.76 bits per heavy atom. The van der Waals surface area contributed by atoms with Gasteiger partial charge in [0.2, 0.25) is 5.91 Å². The molecule has 1 N–H and O–H groups in total. The monoisotopic (exact) mass is 349 g/mol. The van der Waals surface area contributed by atoms with Crippen molar-refractivity contribution in [1.82, 2.24) is 5.32 Å². The molecule has 118 valence electrons. The average Bonchev–Trinajstić information content (AvgIpc) is 2.75. The summed E-state index contributed by atoms with van der Waals surface area (Å²) >= 11 is 1.05. The summed E-state index contributed by atoms with van der Waals surface area (Å²) in [6.45, 7) is 4.45. The van der Waals surface area contributed by atoms with Crippen LogP contribution in [0.4, 0.5) is 0 Å². The molecule has 1 aromatic heterocycles. The third kappa shape index (κ3) is 4.97. The van der Waals surface area contributed by atoms with E-state index >= 15 is 0 Å². The molecule has 1 saturated carbocycles. The fraction of sp³-hybridized carbons (Fsp3) is 0.643. The zero-order valence-corrected chi connectivity index (χ0v) is 14.6. The molecule has 0 radical (unpaired) electrons. The maximum absolute atomic E-state index is 12.1. The van der Waals surface area contributed by atoms with Crippen molar-refractivity contribution in [2.45, 2.75) is 56.2 Å². The zero-order chi connectivity index (χ0) is 15.7. The number of carbonyl (C=O) groups excluding carboxylic acids is 1. The zero-order valence-electron chi connectivity index (χ0n) is 12.2. The van der Waals surface area contributed by atoms with Crippen LogP contribution >= 0.6 is 22.0 Å². The molecule has 0 bridgehead atoms. The summed E-state index contributed by atoms with van der Waals surface area (Å²) in [4.78, 5) is 12.8. The Kier molecular flexibility index (Phi) is 5.00. The standard InChI is InChI=1S/C14H20ClNO3S2/c1-14(2)7-3-4-10(9-14)16-12(17)8-11-5-6-13(20-11)21(15,18)19/h5-6,10H,3-4,7-9H2,1-2H3,(H,16,17). The SMILES string of the molecule is CC1(C)CCCC(NC(=O)Cc2ccc(S(=O)(=O)Cl)s2)C1. The first-order valence-electron chi connectivity index (χ1n) is 6.98. The Hall–Kier alpha value is -0.590. The van der Waals surface area contributed by atoms with Crippen molar-refractivity contribution in [2.24, 2.45) is 5.41 Å².